The van der Waals surface area contributed by atoms with Crippen LogP contribution in [0.25, 0.3) is 0 Å². The summed E-state index contributed by atoms with van der Waals surface area (Å²) in [5.74, 6) is 0. The first-order valence-electron chi connectivity index (χ1n) is 4.70. The Labute approximate surface area is 59.9 Å². The molecule has 1 N–H and O–H groups in total. The Morgan fingerprint density at radius 2 is 2.11 bits per heavy atom. The van der Waals surface area contributed by atoms with Gasteiger partial charge in [-0.1, -0.05) is 0 Å². The highest BCUT2D eigenvalue weighted by atomic mass is 16.4. The number of piperidine rings is 1. The van der Waals surface area contributed by atoms with Crippen molar-refractivity contribution in [2.45, 2.75) is 19.2 Å². The van der Waals surface area contributed by atoms with Crippen LogP contribution in [0.15, 0.2) is 0 Å². The number of hydrogen-bond donors (Lipinski definition) is 1. The molecule has 1 heterocycles. The minimum atomic E-state index is -1.76. The van der Waals surface area contributed by atoms with Gasteiger partial charge in [0.25, 0.3) is 0 Å². The maximum atomic E-state index is 10.5. The van der Waals surface area contributed by atoms with Crippen molar-refractivity contribution in [2.75, 3.05) is 13.1 Å². The van der Waals surface area contributed by atoms with Crippen molar-refractivity contribution in [3.8, 4) is 0 Å². The first-order chi connectivity index (χ1) is 5.72. The Morgan fingerprint density at radius 3 is 2.56 bits per heavy atom. The third-order valence-electron chi connectivity index (χ3n) is 1.13. The van der Waals surface area contributed by atoms with Gasteiger partial charge in [0.1, 0.15) is 0 Å². The molecule has 0 aromatic heterocycles. The van der Waals surface area contributed by atoms with Gasteiger partial charge < -0.3 is 10.0 Å². The Kier molecular flexibility index (Phi) is 0.874. The van der Waals surface area contributed by atoms with Crippen LogP contribution < -0.4 is 0 Å². The van der Waals surface area contributed by atoms with E-state index >= 15 is 0 Å². The molecule has 1 fully saturated rings. The molecule has 1 aliphatic heterocycles. The molecule has 3 nitrogen and oxygen atoms in total. The lowest BCUT2D eigenvalue weighted by atomic mass is 10.1. The molecule has 3 heteroatoms. The number of likely N-dealkylation sites (tertiary alicyclic amines) is 1. The zero-order valence-electron chi connectivity index (χ0n) is 8.92. The van der Waals surface area contributed by atoms with Crippen LogP contribution in [0.3, 0.4) is 0 Å². The van der Waals surface area contributed by atoms with Crippen LogP contribution in [0, 0.1) is 0 Å². The molecule has 1 amide bonds. The average molecular weight is 133 g/mol. The number of carbonyl (C=O) groups is 1. The van der Waals surface area contributed by atoms with Gasteiger partial charge in [0, 0.05) is 18.6 Å². The monoisotopic (exact) mass is 133 g/mol. The molecule has 9 heavy (non-hydrogen) atoms. The van der Waals surface area contributed by atoms with Gasteiger partial charge in [0.05, 0.1) is 0 Å². The van der Waals surface area contributed by atoms with Gasteiger partial charge >= 0.3 is 6.09 Å². The SMILES string of the molecule is [2H]C1([2H])CN(C(=O)O)CC([2H])([2H])C1. The Bertz CT molecular complexity index is 215. The highest BCUT2D eigenvalue weighted by molar-refractivity contribution is 5.64. The number of rotatable bonds is 0. The van der Waals surface area contributed by atoms with Crippen molar-refractivity contribution in [3.05, 3.63) is 0 Å². The van der Waals surface area contributed by atoms with Crippen molar-refractivity contribution < 1.29 is 15.4 Å². The van der Waals surface area contributed by atoms with Crippen LogP contribution in [0.2, 0.25) is 0 Å². The number of amides is 1. The number of hydrogen-bond acceptors (Lipinski definition) is 1. The molecule has 1 saturated heterocycles. The second-order valence-corrected chi connectivity index (χ2v) is 1.82. The summed E-state index contributed by atoms with van der Waals surface area (Å²) in [5.41, 5.74) is 0. The van der Waals surface area contributed by atoms with Crippen LogP contribution in [-0.4, -0.2) is 29.2 Å². The van der Waals surface area contributed by atoms with E-state index in [-0.39, 0.29) is 19.5 Å². The molecule has 0 unspecified atom stereocenters. The lowest BCUT2D eigenvalue weighted by Crippen LogP contribution is -2.34. The van der Waals surface area contributed by atoms with E-state index in [4.69, 9.17) is 10.6 Å². The third kappa shape index (κ3) is 1.59. The normalized spacial score (nSPS) is 37.6. The van der Waals surface area contributed by atoms with Gasteiger partial charge in [0.15, 0.2) is 0 Å². The van der Waals surface area contributed by atoms with E-state index < -0.39 is 18.8 Å². The van der Waals surface area contributed by atoms with E-state index in [1.165, 1.54) is 0 Å². The Morgan fingerprint density at radius 1 is 1.56 bits per heavy atom. The molecule has 0 aliphatic carbocycles. The highest BCUT2D eigenvalue weighted by Gasteiger charge is 2.13. The van der Waals surface area contributed by atoms with Crippen molar-refractivity contribution in [1.29, 1.82) is 0 Å². The van der Waals surface area contributed by atoms with E-state index in [9.17, 15) is 4.79 Å². The van der Waals surface area contributed by atoms with E-state index in [0.717, 1.165) is 4.90 Å². The number of carboxylic acid groups (broad SMARTS) is 1. The van der Waals surface area contributed by atoms with Crippen LogP contribution in [0.1, 0.15) is 24.6 Å². The smallest absolute Gasteiger partial charge is 0.407 e. The molecular formula is C6H11NO2. The van der Waals surface area contributed by atoms with Gasteiger partial charge in [-0.2, -0.15) is 0 Å². The van der Waals surface area contributed by atoms with Gasteiger partial charge in [-0.15, -0.1) is 0 Å². The summed E-state index contributed by atoms with van der Waals surface area (Å²) in [6, 6.07) is 0. The molecule has 0 saturated carbocycles. The lowest BCUT2D eigenvalue weighted by molar-refractivity contribution is 0.136. The largest absolute Gasteiger partial charge is 0.465 e. The third-order valence-corrected chi connectivity index (χ3v) is 1.13. The fourth-order valence-corrected chi connectivity index (χ4v) is 0.661. The summed E-state index contributed by atoms with van der Waals surface area (Å²) >= 11 is 0. The molecule has 0 aromatic carbocycles. The average Bonchev–Trinajstić information content (AvgIpc) is 1.79. The van der Waals surface area contributed by atoms with Crippen molar-refractivity contribution in [1.82, 2.24) is 4.90 Å². The zero-order chi connectivity index (χ0) is 10.3. The molecular weight excluding hydrogens is 118 g/mol. The Hall–Kier alpha value is -0.730. The molecule has 0 aromatic rings. The molecule has 1 aliphatic rings. The predicted octanol–water partition coefficient (Wildman–Crippen LogP) is 1.15. The maximum absolute atomic E-state index is 10.5. The highest BCUT2D eigenvalue weighted by Crippen LogP contribution is 2.07. The van der Waals surface area contributed by atoms with Gasteiger partial charge in [-0.3, -0.25) is 0 Å². The lowest BCUT2D eigenvalue weighted by Gasteiger charge is -2.22. The second-order valence-electron chi connectivity index (χ2n) is 1.82. The molecule has 0 radical (unpaired) electrons. The van der Waals surface area contributed by atoms with Crippen LogP contribution in [-0.2, 0) is 0 Å². The quantitative estimate of drug-likeness (QED) is 0.538. The summed E-state index contributed by atoms with van der Waals surface area (Å²) in [6.07, 6.45) is -5.04. The standard InChI is InChI=1S/C6H11NO2/c8-6(9)7-4-2-1-3-5-7/h1-5H2,(H,8,9)/i2D2,3D2. The van der Waals surface area contributed by atoms with Crippen LogP contribution in [0.4, 0.5) is 4.79 Å². The first-order valence-corrected chi connectivity index (χ1v) is 2.70. The van der Waals surface area contributed by atoms with Gasteiger partial charge in [-0.25, -0.2) is 4.79 Å². The summed E-state index contributed by atoms with van der Waals surface area (Å²) < 4.78 is 29.3. The summed E-state index contributed by atoms with van der Waals surface area (Å²) in [7, 11) is 0. The zero-order valence-corrected chi connectivity index (χ0v) is 4.92. The van der Waals surface area contributed by atoms with Crippen LogP contribution >= 0.6 is 0 Å². The van der Waals surface area contributed by atoms with E-state index in [0.29, 0.717) is 0 Å². The molecule has 1 rings (SSSR count). The summed E-state index contributed by atoms with van der Waals surface area (Å²) in [5, 5.41) is 8.60. The minimum Gasteiger partial charge on any atom is -0.465 e. The summed E-state index contributed by atoms with van der Waals surface area (Å²) in [6.45, 7) is -0.496. The predicted molar refractivity (Wildman–Crippen MR) is 33.4 cm³/mol. The van der Waals surface area contributed by atoms with E-state index in [1.807, 2.05) is 0 Å². The fourth-order valence-electron chi connectivity index (χ4n) is 0.661. The van der Waals surface area contributed by atoms with Gasteiger partial charge in [-0.05, 0) is 19.2 Å². The first kappa shape index (κ1) is 2.90. The molecule has 0 bridgehead atoms. The Balaban J connectivity index is 2.78. The molecule has 0 spiro atoms. The van der Waals surface area contributed by atoms with Crippen molar-refractivity contribution in [3.63, 3.8) is 0 Å². The molecule has 0 atom stereocenters. The van der Waals surface area contributed by atoms with Gasteiger partial charge in [0.2, 0.25) is 0 Å². The minimum absolute atomic E-state index is 0.246. The maximum Gasteiger partial charge on any atom is 0.407 e. The fraction of sp³-hybridized carbons (Fsp3) is 0.833. The summed E-state index contributed by atoms with van der Waals surface area (Å²) in [4.78, 5) is 11.3. The van der Waals surface area contributed by atoms with E-state index in [2.05, 4.69) is 0 Å². The topological polar surface area (TPSA) is 40.5 Å². The van der Waals surface area contributed by atoms with E-state index in [1.54, 1.807) is 0 Å². The van der Waals surface area contributed by atoms with Crippen LogP contribution in [0.5, 0.6) is 0 Å². The van der Waals surface area contributed by atoms with Crippen molar-refractivity contribution >= 4 is 6.09 Å². The number of nitrogens with zero attached hydrogens (tertiary/aromatic N) is 1. The van der Waals surface area contributed by atoms with Crippen molar-refractivity contribution in [2.24, 2.45) is 0 Å². The molecule has 52 valence electrons. The second kappa shape index (κ2) is 2.71.